The molecule has 0 amide bonds. The summed E-state index contributed by atoms with van der Waals surface area (Å²) in [6.45, 7) is 1.64. The Morgan fingerprint density at radius 2 is 1.85 bits per heavy atom. The predicted molar refractivity (Wildman–Crippen MR) is 107 cm³/mol. The lowest BCUT2D eigenvalue weighted by Gasteiger charge is -2.38. The van der Waals surface area contributed by atoms with Gasteiger partial charge in [0.2, 0.25) is 0 Å². The number of benzene rings is 3. The van der Waals surface area contributed by atoms with E-state index in [1.54, 1.807) is 6.92 Å². The van der Waals surface area contributed by atoms with Crippen LogP contribution in [0.15, 0.2) is 72.8 Å². The lowest BCUT2D eigenvalue weighted by Crippen LogP contribution is -2.29. The van der Waals surface area contributed by atoms with Crippen LogP contribution in [0.2, 0.25) is 0 Å². The van der Waals surface area contributed by atoms with Crippen LogP contribution in [0, 0.1) is 5.92 Å². The SMILES string of the molecule is CC(=O)c1ccc2c(c1)[C@H]1C=CC[C@@H]1[C@H](c1cccc3ccccc13)N2. The molecule has 0 spiro atoms. The highest BCUT2D eigenvalue weighted by Crippen LogP contribution is 2.50. The van der Waals surface area contributed by atoms with Crippen LogP contribution < -0.4 is 5.32 Å². The summed E-state index contributed by atoms with van der Waals surface area (Å²) in [5, 5.41) is 6.40. The zero-order chi connectivity index (χ0) is 17.7. The molecule has 128 valence electrons. The van der Waals surface area contributed by atoms with E-state index in [0.717, 1.165) is 17.7 Å². The molecule has 0 unspecified atom stereocenters. The van der Waals surface area contributed by atoms with Crippen molar-refractivity contribution in [3.05, 3.63) is 89.5 Å². The Balaban J connectivity index is 1.65. The Morgan fingerprint density at radius 1 is 1.00 bits per heavy atom. The van der Waals surface area contributed by atoms with Crippen molar-refractivity contribution in [3.8, 4) is 0 Å². The van der Waals surface area contributed by atoms with Crippen LogP contribution >= 0.6 is 0 Å². The third kappa shape index (κ3) is 2.29. The fraction of sp³-hybridized carbons (Fsp3) is 0.208. The molecule has 1 heterocycles. The number of carbonyl (C=O) groups excluding carboxylic acids is 1. The van der Waals surface area contributed by atoms with Crippen molar-refractivity contribution in [1.82, 2.24) is 0 Å². The van der Waals surface area contributed by atoms with Crippen molar-refractivity contribution in [1.29, 1.82) is 0 Å². The van der Waals surface area contributed by atoms with Gasteiger partial charge in [0.15, 0.2) is 5.78 Å². The maximum absolute atomic E-state index is 11.8. The standard InChI is InChI=1S/C24H21NO/c1-15(26)17-12-13-23-22(14-17)19-9-5-11-21(19)24(25-23)20-10-4-7-16-6-2-3-8-18(16)20/h2-10,12-14,19,21,24-25H,11H2,1H3/t19-,21-,24-/m0/s1. The molecule has 3 aromatic carbocycles. The lowest BCUT2D eigenvalue weighted by molar-refractivity contribution is 0.101. The Hall–Kier alpha value is -2.87. The molecular formula is C24H21NO. The highest BCUT2D eigenvalue weighted by Gasteiger charge is 2.38. The van der Waals surface area contributed by atoms with Gasteiger partial charge >= 0.3 is 0 Å². The number of carbonyl (C=O) groups is 1. The maximum Gasteiger partial charge on any atom is 0.159 e. The quantitative estimate of drug-likeness (QED) is 0.467. The number of hydrogen-bond acceptors (Lipinski definition) is 2. The number of anilines is 1. The first kappa shape index (κ1) is 15.4. The first-order chi connectivity index (χ1) is 12.7. The third-order valence-corrected chi connectivity index (χ3v) is 5.93. The van der Waals surface area contributed by atoms with E-state index in [1.807, 2.05) is 6.07 Å². The summed E-state index contributed by atoms with van der Waals surface area (Å²) in [5.74, 6) is 0.979. The summed E-state index contributed by atoms with van der Waals surface area (Å²) in [6.07, 6.45) is 5.69. The van der Waals surface area contributed by atoms with Gasteiger partial charge in [-0.2, -0.15) is 0 Å². The lowest BCUT2D eigenvalue weighted by atomic mass is 9.75. The van der Waals surface area contributed by atoms with Gasteiger partial charge in [-0.15, -0.1) is 0 Å². The second-order valence-electron chi connectivity index (χ2n) is 7.40. The van der Waals surface area contributed by atoms with Gasteiger partial charge in [0.1, 0.15) is 0 Å². The van der Waals surface area contributed by atoms with Gasteiger partial charge in [-0.3, -0.25) is 4.79 Å². The minimum absolute atomic E-state index is 0.127. The van der Waals surface area contributed by atoms with E-state index >= 15 is 0 Å². The molecule has 2 heteroatoms. The van der Waals surface area contributed by atoms with Crippen LogP contribution in [0.4, 0.5) is 5.69 Å². The van der Waals surface area contributed by atoms with E-state index in [9.17, 15) is 4.79 Å². The Bertz CT molecular complexity index is 1040. The normalized spacial score (nSPS) is 23.3. The molecule has 0 fully saturated rings. The van der Waals surface area contributed by atoms with E-state index in [1.165, 1.54) is 21.9 Å². The number of fused-ring (bicyclic) bond motifs is 4. The molecule has 0 bridgehead atoms. The second-order valence-corrected chi connectivity index (χ2v) is 7.40. The molecule has 0 radical (unpaired) electrons. The van der Waals surface area contributed by atoms with E-state index < -0.39 is 0 Å². The molecule has 1 aliphatic carbocycles. The van der Waals surface area contributed by atoms with Crippen LogP contribution in [-0.2, 0) is 0 Å². The summed E-state index contributed by atoms with van der Waals surface area (Å²) in [5.41, 5.74) is 4.57. The zero-order valence-corrected chi connectivity index (χ0v) is 14.8. The van der Waals surface area contributed by atoms with Gasteiger partial charge in [-0.05, 0) is 59.4 Å². The van der Waals surface area contributed by atoms with E-state index in [2.05, 4.69) is 72.1 Å². The molecule has 0 saturated carbocycles. The number of rotatable bonds is 2. The van der Waals surface area contributed by atoms with Crippen LogP contribution in [0.1, 0.15) is 46.8 Å². The number of Topliss-reactive ketones (excluding diaryl/α,β-unsaturated/α-hetero) is 1. The van der Waals surface area contributed by atoms with Crippen molar-refractivity contribution in [2.24, 2.45) is 5.92 Å². The van der Waals surface area contributed by atoms with Crippen LogP contribution in [0.3, 0.4) is 0 Å². The Kier molecular flexibility index (Phi) is 3.46. The molecular weight excluding hydrogens is 318 g/mol. The molecule has 3 atom stereocenters. The topological polar surface area (TPSA) is 29.1 Å². The maximum atomic E-state index is 11.8. The average molecular weight is 339 g/mol. The fourth-order valence-corrected chi connectivity index (χ4v) is 4.64. The first-order valence-electron chi connectivity index (χ1n) is 9.28. The molecule has 1 N–H and O–H groups in total. The summed E-state index contributed by atoms with van der Waals surface area (Å²) >= 11 is 0. The highest BCUT2D eigenvalue weighted by molar-refractivity contribution is 5.95. The van der Waals surface area contributed by atoms with Crippen molar-refractivity contribution in [2.45, 2.75) is 25.3 Å². The van der Waals surface area contributed by atoms with Crippen molar-refractivity contribution < 1.29 is 4.79 Å². The fourth-order valence-electron chi connectivity index (χ4n) is 4.64. The van der Waals surface area contributed by atoms with Gasteiger partial charge in [-0.1, -0.05) is 54.6 Å². The van der Waals surface area contributed by atoms with Gasteiger partial charge in [0.25, 0.3) is 0 Å². The van der Waals surface area contributed by atoms with Crippen molar-refractivity contribution >= 4 is 22.2 Å². The molecule has 26 heavy (non-hydrogen) atoms. The smallest absolute Gasteiger partial charge is 0.159 e. The number of hydrogen-bond donors (Lipinski definition) is 1. The van der Waals surface area contributed by atoms with Crippen LogP contribution in [-0.4, -0.2) is 5.78 Å². The molecule has 0 aromatic heterocycles. The molecule has 0 saturated heterocycles. The number of ketones is 1. The average Bonchev–Trinajstić information content (AvgIpc) is 3.16. The number of allylic oxidation sites excluding steroid dienone is 2. The molecule has 2 aliphatic rings. The van der Waals surface area contributed by atoms with Gasteiger partial charge in [0, 0.05) is 17.2 Å². The molecule has 2 nitrogen and oxygen atoms in total. The van der Waals surface area contributed by atoms with E-state index in [4.69, 9.17) is 0 Å². The summed E-state index contributed by atoms with van der Waals surface area (Å²) in [4.78, 5) is 11.8. The van der Waals surface area contributed by atoms with Crippen LogP contribution in [0.25, 0.3) is 10.8 Å². The van der Waals surface area contributed by atoms with Crippen LogP contribution in [0.5, 0.6) is 0 Å². The Labute approximate surface area is 153 Å². The van der Waals surface area contributed by atoms with E-state index in [0.29, 0.717) is 11.8 Å². The summed E-state index contributed by atoms with van der Waals surface area (Å²) < 4.78 is 0. The van der Waals surface area contributed by atoms with Gasteiger partial charge < -0.3 is 5.32 Å². The predicted octanol–water partition coefficient (Wildman–Crippen LogP) is 5.87. The largest absolute Gasteiger partial charge is 0.378 e. The Morgan fingerprint density at radius 3 is 2.73 bits per heavy atom. The van der Waals surface area contributed by atoms with Crippen molar-refractivity contribution in [2.75, 3.05) is 5.32 Å². The molecule has 1 aliphatic heterocycles. The highest BCUT2D eigenvalue weighted by atomic mass is 16.1. The number of nitrogens with one attached hydrogen (secondary N) is 1. The second kappa shape index (κ2) is 5.84. The minimum atomic E-state index is 0.127. The van der Waals surface area contributed by atoms with Crippen molar-refractivity contribution in [3.63, 3.8) is 0 Å². The molecule has 5 rings (SSSR count). The summed E-state index contributed by atoms with van der Waals surface area (Å²) in [7, 11) is 0. The van der Waals surface area contributed by atoms with Gasteiger partial charge in [0.05, 0.1) is 6.04 Å². The third-order valence-electron chi connectivity index (χ3n) is 5.93. The van der Waals surface area contributed by atoms with Gasteiger partial charge in [-0.25, -0.2) is 0 Å². The zero-order valence-electron chi connectivity index (χ0n) is 14.8. The first-order valence-corrected chi connectivity index (χ1v) is 9.28. The molecule has 3 aromatic rings. The minimum Gasteiger partial charge on any atom is -0.378 e. The van der Waals surface area contributed by atoms with E-state index in [-0.39, 0.29) is 11.8 Å². The summed E-state index contributed by atoms with van der Waals surface area (Å²) in [6, 6.07) is 21.6. The monoisotopic (exact) mass is 339 g/mol.